The fourth-order valence-corrected chi connectivity index (χ4v) is 3.27. The van der Waals surface area contributed by atoms with Gasteiger partial charge in [-0.15, -0.1) is 0 Å². The Balaban J connectivity index is 1.71. The second kappa shape index (κ2) is 9.10. The number of halogens is 4. The molecule has 1 aliphatic rings. The van der Waals surface area contributed by atoms with Crippen LogP contribution in [0.15, 0.2) is 41.0 Å². The van der Waals surface area contributed by atoms with Gasteiger partial charge in [0.15, 0.2) is 0 Å². The summed E-state index contributed by atoms with van der Waals surface area (Å²) in [5.74, 6) is 0.286. The van der Waals surface area contributed by atoms with Gasteiger partial charge in [-0.1, -0.05) is 6.07 Å². The lowest BCUT2D eigenvalue weighted by atomic mass is 10.0. The van der Waals surface area contributed by atoms with Gasteiger partial charge in [0.25, 0.3) is 0 Å². The molecule has 29 heavy (non-hydrogen) atoms. The molecule has 2 heterocycles. The van der Waals surface area contributed by atoms with Crippen LogP contribution in [0.2, 0.25) is 0 Å². The number of benzene rings is 1. The molecule has 0 saturated carbocycles. The lowest BCUT2D eigenvalue weighted by Gasteiger charge is -2.33. The third kappa shape index (κ3) is 6.15. The molecular formula is C19H21BrF3N5O. The largest absolute Gasteiger partial charge is 0.416 e. The second-order valence-electron chi connectivity index (χ2n) is 6.89. The third-order valence-electron chi connectivity index (χ3n) is 4.63. The highest BCUT2D eigenvalue weighted by molar-refractivity contribution is 9.10. The molecule has 3 rings (SSSR count). The van der Waals surface area contributed by atoms with Crippen molar-refractivity contribution in [1.29, 1.82) is 0 Å². The van der Waals surface area contributed by atoms with Gasteiger partial charge >= 0.3 is 12.2 Å². The zero-order valence-corrected chi connectivity index (χ0v) is 17.3. The van der Waals surface area contributed by atoms with Crippen LogP contribution >= 0.6 is 15.9 Å². The molecule has 6 nitrogen and oxygen atoms in total. The quantitative estimate of drug-likeness (QED) is 0.699. The van der Waals surface area contributed by atoms with Crippen molar-refractivity contribution in [3.63, 3.8) is 0 Å². The summed E-state index contributed by atoms with van der Waals surface area (Å²) >= 11 is 3.23. The smallest absolute Gasteiger partial charge is 0.308 e. The molecule has 1 fully saturated rings. The maximum atomic E-state index is 13.6. The molecule has 156 valence electrons. The molecule has 2 N–H and O–H groups in total. The Kier molecular flexibility index (Phi) is 6.76. The van der Waals surface area contributed by atoms with Crippen LogP contribution in [0.25, 0.3) is 0 Å². The molecule has 0 unspecified atom stereocenters. The van der Waals surface area contributed by atoms with Crippen molar-refractivity contribution < 1.29 is 18.0 Å². The first-order valence-corrected chi connectivity index (χ1v) is 9.80. The van der Waals surface area contributed by atoms with E-state index in [0.717, 1.165) is 36.7 Å². The highest BCUT2D eigenvalue weighted by Crippen LogP contribution is 2.34. The van der Waals surface area contributed by atoms with Gasteiger partial charge < -0.3 is 10.2 Å². The van der Waals surface area contributed by atoms with E-state index in [4.69, 9.17) is 0 Å². The maximum Gasteiger partial charge on any atom is 0.416 e. The molecule has 1 aromatic heterocycles. The van der Waals surface area contributed by atoms with E-state index in [-0.39, 0.29) is 23.6 Å². The van der Waals surface area contributed by atoms with E-state index in [2.05, 4.69) is 36.4 Å². The van der Waals surface area contributed by atoms with E-state index in [1.54, 1.807) is 12.1 Å². The van der Waals surface area contributed by atoms with Crippen LogP contribution in [0.5, 0.6) is 0 Å². The summed E-state index contributed by atoms with van der Waals surface area (Å²) in [5, 5.41) is 4.92. The first-order chi connectivity index (χ1) is 13.7. The molecule has 10 heteroatoms. The van der Waals surface area contributed by atoms with Crippen LogP contribution < -0.4 is 10.6 Å². The number of hydrogen-bond donors (Lipinski definition) is 2. The number of carbonyl (C=O) groups excluding carboxylic acids is 1. The Morgan fingerprint density at radius 1 is 1.14 bits per heavy atom. The van der Waals surface area contributed by atoms with Crippen LogP contribution in [0.3, 0.4) is 0 Å². The van der Waals surface area contributed by atoms with Gasteiger partial charge in [0.1, 0.15) is 5.82 Å². The van der Waals surface area contributed by atoms with Crippen LogP contribution in [0.1, 0.15) is 11.1 Å². The first kappa shape index (κ1) is 21.5. The summed E-state index contributed by atoms with van der Waals surface area (Å²) in [7, 11) is 1.99. The van der Waals surface area contributed by atoms with E-state index >= 15 is 0 Å². The number of pyridine rings is 1. The van der Waals surface area contributed by atoms with Gasteiger partial charge in [0.05, 0.1) is 5.56 Å². The number of carbonyl (C=O) groups is 1. The summed E-state index contributed by atoms with van der Waals surface area (Å²) in [4.78, 5) is 20.2. The van der Waals surface area contributed by atoms with Gasteiger partial charge in [-0.05, 0) is 52.8 Å². The number of aromatic nitrogens is 1. The van der Waals surface area contributed by atoms with Gasteiger partial charge in [0.2, 0.25) is 0 Å². The minimum atomic E-state index is -4.51. The highest BCUT2D eigenvalue weighted by atomic mass is 79.9. The molecule has 0 spiro atoms. The summed E-state index contributed by atoms with van der Waals surface area (Å²) in [6.07, 6.45) is -3.01. The first-order valence-electron chi connectivity index (χ1n) is 9.01. The zero-order chi connectivity index (χ0) is 21.0. The summed E-state index contributed by atoms with van der Waals surface area (Å²) in [5.41, 5.74) is -0.479. The number of amides is 2. The molecule has 0 bridgehead atoms. The predicted octanol–water partition coefficient (Wildman–Crippen LogP) is 4.25. The van der Waals surface area contributed by atoms with Gasteiger partial charge in [0, 0.05) is 49.1 Å². The Hall–Kier alpha value is -2.17. The van der Waals surface area contributed by atoms with Crippen LogP contribution in [0.4, 0.5) is 29.5 Å². The topological polar surface area (TPSA) is 60.5 Å². The number of anilines is 2. The molecule has 0 atom stereocenters. The molecule has 2 aromatic rings. The predicted molar refractivity (Wildman–Crippen MR) is 109 cm³/mol. The molecule has 0 radical (unpaired) electrons. The molecule has 1 saturated heterocycles. The van der Waals surface area contributed by atoms with E-state index < -0.39 is 17.8 Å². The number of hydrogen-bond acceptors (Lipinski definition) is 4. The molecular weight excluding hydrogens is 451 g/mol. The maximum absolute atomic E-state index is 13.6. The average molecular weight is 472 g/mol. The van der Waals surface area contributed by atoms with E-state index in [9.17, 15) is 18.0 Å². The highest BCUT2D eigenvalue weighted by Gasteiger charge is 2.34. The number of nitrogens with one attached hydrogen (secondary N) is 2. The number of likely N-dealkylation sites (N-methyl/N-ethyl adjacent to an activating group) is 1. The van der Waals surface area contributed by atoms with Crippen LogP contribution in [-0.4, -0.2) is 54.0 Å². The van der Waals surface area contributed by atoms with E-state index in [1.807, 2.05) is 11.9 Å². The molecule has 1 aliphatic heterocycles. The fraction of sp³-hybridized carbons (Fsp3) is 0.368. The lowest BCUT2D eigenvalue weighted by molar-refractivity contribution is -0.138. The minimum Gasteiger partial charge on any atom is -0.308 e. The fourth-order valence-electron chi connectivity index (χ4n) is 3.03. The summed E-state index contributed by atoms with van der Waals surface area (Å²) in [6, 6.07) is 6.48. The molecule has 1 aromatic carbocycles. The summed E-state index contributed by atoms with van der Waals surface area (Å²) in [6.45, 7) is 3.31. The minimum absolute atomic E-state index is 0.0639. The number of urea groups is 1. The van der Waals surface area contributed by atoms with E-state index in [0.29, 0.717) is 0 Å². The van der Waals surface area contributed by atoms with Crippen molar-refractivity contribution in [3.05, 3.63) is 52.1 Å². The average Bonchev–Trinajstić information content (AvgIpc) is 2.66. The van der Waals surface area contributed by atoms with Gasteiger partial charge in [-0.25, -0.2) is 9.78 Å². The number of alkyl halides is 3. The van der Waals surface area contributed by atoms with Crippen molar-refractivity contribution in [3.8, 4) is 0 Å². The Bertz CT molecular complexity index is 852. The van der Waals surface area contributed by atoms with Gasteiger partial charge in [-0.2, -0.15) is 13.2 Å². The third-order valence-corrected chi connectivity index (χ3v) is 5.10. The number of rotatable bonds is 4. The van der Waals surface area contributed by atoms with E-state index in [1.165, 1.54) is 18.3 Å². The Morgan fingerprint density at radius 3 is 2.48 bits per heavy atom. The van der Waals surface area contributed by atoms with Crippen LogP contribution in [0, 0.1) is 0 Å². The zero-order valence-electron chi connectivity index (χ0n) is 15.8. The van der Waals surface area contributed by atoms with Gasteiger partial charge in [-0.3, -0.25) is 10.2 Å². The van der Waals surface area contributed by atoms with Crippen molar-refractivity contribution in [2.75, 3.05) is 43.9 Å². The Morgan fingerprint density at radius 2 is 1.86 bits per heavy atom. The SMILES string of the molecule is CN1CCN(Cc2ccc(NC(=O)Nc3ccc(Br)cn3)cc2C(F)(F)F)CC1. The monoisotopic (exact) mass is 471 g/mol. The van der Waals surface area contributed by atoms with Crippen molar-refractivity contribution in [2.24, 2.45) is 0 Å². The molecule has 2 amide bonds. The normalized spacial score (nSPS) is 15.9. The Labute approximate surface area is 175 Å². The lowest BCUT2D eigenvalue weighted by Crippen LogP contribution is -2.44. The second-order valence-corrected chi connectivity index (χ2v) is 7.81. The van der Waals surface area contributed by atoms with Crippen molar-refractivity contribution in [1.82, 2.24) is 14.8 Å². The van der Waals surface area contributed by atoms with Crippen LogP contribution in [-0.2, 0) is 12.7 Å². The number of piperazine rings is 1. The summed E-state index contributed by atoms with van der Waals surface area (Å²) < 4.78 is 41.5. The van der Waals surface area contributed by atoms with Crippen molar-refractivity contribution in [2.45, 2.75) is 12.7 Å². The number of nitrogens with zero attached hydrogens (tertiary/aromatic N) is 3. The van der Waals surface area contributed by atoms with Crippen molar-refractivity contribution >= 4 is 33.5 Å². The molecule has 0 aliphatic carbocycles. The standard InChI is InChI=1S/C19H21BrF3N5O/c1-27-6-8-28(9-7-27)12-13-2-4-15(10-16(13)19(21,22)23)25-18(29)26-17-5-3-14(20)11-24-17/h2-5,10-11H,6-9,12H2,1H3,(H2,24,25,26,29).